The molecule has 24 heavy (non-hydrogen) atoms. The summed E-state index contributed by atoms with van der Waals surface area (Å²) in [5.41, 5.74) is 1.52. The highest BCUT2D eigenvalue weighted by molar-refractivity contribution is 8.01. The summed E-state index contributed by atoms with van der Waals surface area (Å²) in [5.74, 6) is -0.142. The quantitative estimate of drug-likeness (QED) is 0.574. The molecule has 0 saturated carbocycles. The lowest BCUT2D eigenvalue weighted by molar-refractivity contribution is -0.159. The van der Waals surface area contributed by atoms with Crippen LogP contribution in [-0.4, -0.2) is 55.0 Å². The number of rotatable bonds is 6. The zero-order chi connectivity index (χ0) is 17.4. The molecule has 0 aliphatic carbocycles. The van der Waals surface area contributed by atoms with Crippen molar-refractivity contribution in [1.29, 1.82) is 0 Å². The molecule has 0 radical (unpaired) electrons. The molecule has 1 fully saturated rings. The van der Waals surface area contributed by atoms with Crippen molar-refractivity contribution < 1.29 is 24.2 Å². The van der Waals surface area contributed by atoms with E-state index in [1.807, 2.05) is 13.8 Å². The molecule has 2 aliphatic heterocycles. The van der Waals surface area contributed by atoms with Crippen LogP contribution in [0.5, 0.6) is 0 Å². The largest absolute Gasteiger partial charge is 0.477 e. The molecule has 9 heteroatoms. The fourth-order valence-electron chi connectivity index (χ4n) is 2.67. The molecule has 1 saturated heterocycles. The third-order valence-corrected chi connectivity index (χ3v) is 6.34. The molecule has 2 N–H and O–H groups in total. The van der Waals surface area contributed by atoms with Crippen LogP contribution in [0.1, 0.15) is 25.4 Å². The van der Waals surface area contributed by atoms with Crippen molar-refractivity contribution in [2.24, 2.45) is 0 Å². The van der Waals surface area contributed by atoms with Crippen LogP contribution in [0.3, 0.4) is 0 Å². The summed E-state index contributed by atoms with van der Waals surface area (Å²) in [7, 11) is 0. The number of fused-ring (bicyclic) bond motifs is 1. The van der Waals surface area contributed by atoms with Gasteiger partial charge in [0.15, 0.2) is 17.1 Å². The standard InChI is InChI=1S/C15H18N2O5S2/c1-3-8-15(22-9(4-2)16-8)24-6-7-5-23-13-11(18)12(19)17(13)10(7)14(20)21/h11,13,18H,3-6H2,1-2H3,(H,20,21)/t11-,13-/m1/s1. The second kappa shape index (κ2) is 6.81. The summed E-state index contributed by atoms with van der Waals surface area (Å²) in [6.07, 6.45) is 0.338. The molecular formula is C15H18N2O5S2. The van der Waals surface area contributed by atoms with Crippen LogP contribution in [0.25, 0.3) is 0 Å². The number of carboxylic acids is 1. The maximum absolute atomic E-state index is 11.8. The van der Waals surface area contributed by atoms with Crippen LogP contribution in [-0.2, 0) is 22.4 Å². The molecule has 7 nitrogen and oxygen atoms in total. The molecule has 3 heterocycles. The van der Waals surface area contributed by atoms with Crippen molar-refractivity contribution in [2.75, 3.05) is 11.5 Å². The van der Waals surface area contributed by atoms with Crippen LogP contribution in [0, 0.1) is 0 Å². The van der Waals surface area contributed by atoms with Crippen LogP contribution >= 0.6 is 23.5 Å². The van der Waals surface area contributed by atoms with Gasteiger partial charge in [-0.15, -0.1) is 11.8 Å². The van der Waals surface area contributed by atoms with E-state index >= 15 is 0 Å². The van der Waals surface area contributed by atoms with Gasteiger partial charge in [-0.2, -0.15) is 0 Å². The molecule has 0 aromatic carbocycles. The highest BCUT2D eigenvalue weighted by atomic mass is 32.2. The van der Waals surface area contributed by atoms with Gasteiger partial charge in [0.25, 0.3) is 5.91 Å². The Kier molecular flexibility index (Phi) is 4.93. The van der Waals surface area contributed by atoms with Gasteiger partial charge in [-0.25, -0.2) is 9.78 Å². The van der Waals surface area contributed by atoms with Crippen molar-refractivity contribution in [2.45, 2.75) is 43.3 Å². The molecule has 3 rings (SSSR count). The molecule has 0 unspecified atom stereocenters. The van der Waals surface area contributed by atoms with Crippen molar-refractivity contribution in [3.8, 4) is 0 Å². The van der Waals surface area contributed by atoms with Crippen LogP contribution in [0.2, 0.25) is 0 Å². The Bertz CT molecular complexity index is 715. The minimum absolute atomic E-state index is 0.00479. The number of aliphatic carboxylic acids is 1. The van der Waals surface area contributed by atoms with Gasteiger partial charge in [0.1, 0.15) is 11.1 Å². The number of carbonyl (C=O) groups is 2. The summed E-state index contributed by atoms with van der Waals surface area (Å²) < 4.78 is 5.70. The first-order chi connectivity index (χ1) is 11.5. The van der Waals surface area contributed by atoms with E-state index in [0.717, 1.165) is 12.1 Å². The van der Waals surface area contributed by atoms with Gasteiger partial charge < -0.3 is 14.6 Å². The van der Waals surface area contributed by atoms with Crippen molar-refractivity contribution in [1.82, 2.24) is 9.88 Å². The van der Waals surface area contributed by atoms with E-state index in [0.29, 0.717) is 34.5 Å². The number of aryl methyl sites for hydroxylation is 2. The van der Waals surface area contributed by atoms with Crippen LogP contribution in [0.15, 0.2) is 20.8 Å². The average molecular weight is 370 g/mol. The average Bonchev–Trinajstić information content (AvgIpc) is 3.00. The zero-order valence-corrected chi connectivity index (χ0v) is 14.9. The van der Waals surface area contributed by atoms with Crippen molar-refractivity contribution >= 4 is 35.4 Å². The lowest BCUT2D eigenvalue weighted by atomic mass is 10.1. The fraction of sp³-hybridized carbons (Fsp3) is 0.533. The zero-order valence-electron chi connectivity index (χ0n) is 13.3. The number of hydrogen-bond donors (Lipinski definition) is 2. The Hall–Kier alpha value is -1.45. The number of aromatic nitrogens is 1. The predicted octanol–water partition coefficient (Wildman–Crippen LogP) is 1.51. The van der Waals surface area contributed by atoms with E-state index < -0.39 is 23.4 Å². The number of β-lactam (4-membered cyclic amide) rings is 1. The third kappa shape index (κ3) is 2.84. The summed E-state index contributed by atoms with van der Waals surface area (Å²) in [6.45, 7) is 3.95. The normalized spacial score (nSPS) is 23.3. The number of nitrogens with zero attached hydrogens (tertiary/aromatic N) is 2. The van der Waals surface area contributed by atoms with Gasteiger partial charge in [-0.3, -0.25) is 9.69 Å². The highest BCUT2D eigenvalue weighted by Crippen LogP contribution is 2.41. The van der Waals surface area contributed by atoms with E-state index in [1.54, 1.807) is 0 Å². The molecule has 1 amide bonds. The second-order valence-corrected chi connectivity index (χ2v) is 7.50. The molecular weight excluding hydrogens is 352 g/mol. The Labute approximate surface area is 147 Å². The van der Waals surface area contributed by atoms with Gasteiger partial charge in [-0.1, -0.05) is 25.6 Å². The summed E-state index contributed by atoms with van der Waals surface area (Å²) in [4.78, 5) is 29.0. The Balaban J connectivity index is 1.81. The SMILES string of the molecule is CCc1nc(CC)c(SCC2=C(C(=O)O)N3C(=O)[C@@H](O)[C@H]3SC2)o1. The summed E-state index contributed by atoms with van der Waals surface area (Å²) >= 11 is 2.78. The van der Waals surface area contributed by atoms with E-state index in [4.69, 9.17) is 4.42 Å². The highest BCUT2D eigenvalue weighted by Gasteiger charge is 2.52. The smallest absolute Gasteiger partial charge is 0.352 e. The number of thioether (sulfide) groups is 2. The van der Waals surface area contributed by atoms with Gasteiger partial charge >= 0.3 is 5.97 Å². The monoisotopic (exact) mass is 370 g/mol. The molecule has 0 bridgehead atoms. The minimum Gasteiger partial charge on any atom is -0.477 e. The lowest BCUT2D eigenvalue weighted by Crippen LogP contribution is -2.64. The number of aliphatic hydroxyl groups excluding tert-OH is 1. The van der Waals surface area contributed by atoms with Gasteiger partial charge in [-0.05, 0) is 12.0 Å². The third-order valence-electron chi connectivity index (χ3n) is 3.94. The number of hydrogen-bond acceptors (Lipinski definition) is 7. The Morgan fingerprint density at radius 1 is 1.46 bits per heavy atom. The minimum atomic E-state index is -1.14. The Morgan fingerprint density at radius 2 is 2.21 bits per heavy atom. The molecule has 130 valence electrons. The van der Waals surface area contributed by atoms with E-state index in [9.17, 15) is 19.8 Å². The number of carboxylic acid groups (broad SMARTS) is 1. The van der Waals surface area contributed by atoms with Crippen molar-refractivity contribution in [3.05, 3.63) is 22.9 Å². The van der Waals surface area contributed by atoms with Gasteiger partial charge in [0, 0.05) is 17.9 Å². The van der Waals surface area contributed by atoms with E-state index in [1.165, 1.54) is 28.4 Å². The molecule has 0 spiro atoms. The predicted molar refractivity (Wildman–Crippen MR) is 89.7 cm³/mol. The number of aliphatic hydroxyl groups is 1. The van der Waals surface area contributed by atoms with Gasteiger partial charge in [0.05, 0.1) is 5.69 Å². The topological polar surface area (TPSA) is 104 Å². The van der Waals surface area contributed by atoms with E-state index in [2.05, 4.69) is 4.98 Å². The molecule has 1 aromatic heterocycles. The lowest BCUT2D eigenvalue weighted by Gasteiger charge is -2.47. The fourth-order valence-corrected chi connectivity index (χ4v) is 5.12. The molecule has 1 aromatic rings. The first-order valence-electron chi connectivity index (χ1n) is 7.67. The van der Waals surface area contributed by atoms with Gasteiger partial charge in [0.2, 0.25) is 0 Å². The Morgan fingerprint density at radius 3 is 2.83 bits per heavy atom. The second-order valence-electron chi connectivity index (χ2n) is 5.45. The molecule has 2 aliphatic rings. The number of carbonyl (C=O) groups excluding carboxylic acids is 1. The van der Waals surface area contributed by atoms with Crippen LogP contribution < -0.4 is 0 Å². The first-order valence-corrected chi connectivity index (χ1v) is 9.70. The summed E-state index contributed by atoms with van der Waals surface area (Å²) in [5, 5.41) is 19.4. The van der Waals surface area contributed by atoms with Crippen molar-refractivity contribution in [3.63, 3.8) is 0 Å². The number of amides is 1. The number of oxazole rings is 1. The first kappa shape index (κ1) is 17.4. The molecule has 2 atom stereocenters. The maximum Gasteiger partial charge on any atom is 0.352 e. The maximum atomic E-state index is 11.8. The summed E-state index contributed by atoms with van der Waals surface area (Å²) in [6, 6.07) is 0. The van der Waals surface area contributed by atoms with Crippen LogP contribution in [0.4, 0.5) is 0 Å². The van der Waals surface area contributed by atoms with E-state index in [-0.39, 0.29) is 5.70 Å².